The Morgan fingerprint density at radius 2 is 1.96 bits per heavy atom. The zero-order valence-corrected chi connectivity index (χ0v) is 14.0. The van der Waals surface area contributed by atoms with Gasteiger partial charge in [0.1, 0.15) is 12.2 Å². The SMILES string of the molecule is CCCn1c(C(=O)N(CC(=O)O)CC(C)C)cc2ccccc21. The van der Waals surface area contributed by atoms with Gasteiger partial charge in [0.2, 0.25) is 0 Å². The fourth-order valence-electron chi connectivity index (χ4n) is 2.84. The number of para-hydroxylation sites is 1. The summed E-state index contributed by atoms with van der Waals surface area (Å²) in [5.74, 6) is -0.995. The zero-order chi connectivity index (χ0) is 17.0. The molecule has 1 N–H and O–H groups in total. The van der Waals surface area contributed by atoms with Crippen molar-refractivity contribution in [3.8, 4) is 0 Å². The van der Waals surface area contributed by atoms with E-state index in [-0.39, 0.29) is 18.4 Å². The summed E-state index contributed by atoms with van der Waals surface area (Å²) in [5.41, 5.74) is 1.58. The molecule has 0 saturated carbocycles. The molecular weight excluding hydrogens is 292 g/mol. The molecule has 1 aromatic heterocycles. The highest BCUT2D eigenvalue weighted by Gasteiger charge is 2.23. The number of amides is 1. The number of carboxylic acid groups (broad SMARTS) is 1. The van der Waals surface area contributed by atoms with Crippen molar-refractivity contribution in [2.45, 2.75) is 33.7 Å². The third-order valence-corrected chi connectivity index (χ3v) is 3.68. The summed E-state index contributed by atoms with van der Waals surface area (Å²) in [4.78, 5) is 25.5. The molecule has 1 aromatic carbocycles. The minimum atomic E-state index is -0.989. The second kappa shape index (κ2) is 7.31. The molecule has 0 spiro atoms. The van der Waals surface area contributed by atoms with Crippen LogP contribution < -0.4 is 0 Å². The fraction of sp³-hybridized carbons (Fsp3) is 0.444. The molecule has 0 aliphatic carbocycles. The van der Waals surface area contributed by atoms with E-state index >= 15 is 0 Å². The summed E-state index contributed by atoms with van der Waals surface area (Å²) < 4.78 is 1.99. The quantitative estimate of drug-likeness (QED) is 0.853. The molecule has 5 nitrogen and oxygen atoms in total. The highest BCUT2D eigenvalue weighted by atomic mass is 16.4. The van der Waals surface area contributed by atoms with Gasteiger partial charge in [-0.05, 0) is 24.5 Å². The van der Waals surface area contributed by atoms with Crippen LogP contribution in [0.3, 0.4) is 0 Å². The lowest BCUT2D eigenvalue weighted by Crippen LogP contribution is -2.39. The van der Waals surface area contributed by atoms with Crippen molar-refractivity contribution in [2.75, 3.05) is 13.1 Å². The summed E-state index contributed by atoms with van der Waals surface area (Å²) in [6, 6.07) is 9.72. The Morgan fingerprint density at radius 3 is 2.57 bits per heavy atom. The van der Waals surface area contributed by atoms with E-state index in [1.165, 1.54) is 4.90 Å². The second-order valence-electron chi connectivity index (χ2n) is 6.21. The number of rotatable bonds is 7. The number of benzene rings is 1. The minimum Gasteiger partial charge on any atom is -0.480 e. The van der Waals surface area contributed by atoms with E-state index < -0.39 is 5.97 Å². The molecule has 0 fully saturated rings. The predicted molar refractivity (Wildman–Crippen MR) is 90.6 cm³/mol. The van der Waals surface area contributed by atoms with Gasteiger partial charge in [-0.3, -0.25) is 9.59 Å². The van der Waals surface area contributed by atoms with Crippen LogP contribution in [-0.4, -0.2) is 39.5 Å². The average molecular weight is 316 g/mol. The van der Waals surface area contributed by atoms with E-state index in [0.29, 0.717) is 12.2 Å². The molecule has 0 atom stereocenters. The molecule has 0 radical (unpaired) electrons. The number of nitrogens with zero attached hydrogens (tertiary/aromatic N) is 2. The largest absolute Gasteiger partial charge is 0.480 e. The molecule has 2 aromatic rings. The number of carbonyl (C=O) groups excluding carboxylic acids is 1. The number of carboxylic acids is 1. The van der Waals surface area contributed by atoms with E-state index in [2.05, 4.69) is 6.92 Å². The van der Waals surface area contributed by atoms with Gasteiger partial charge >= 0.3 is 5.97 Å². The Hall–Kier alpha value is -2.30. The number of aromatic nitrogens is 1. The number of aryl methyl sites for hydroxylation is 1. The van der Waals surface area contributed by atoms with Gasteiger partial charge in [-0.25, -0.2) is 0 Å². The Labute approximate surface area is 136 Å². The number of hydrogen-bond donors (Lipinski definition) is 1. The highest BCUT2D eigenvalue weighted by molar-refractivity contribution is 5.99. The van der Waals surface area contributed by atoms with E-state index in [1.54, 1.807) is 0 Å². The van der Waals surface area contributed by atoms with E-state index in [1.807, 2.05) is 48.7 Å². The summed E-state index contributed by atoms with van der Waals surface area (Å²) in [5, 5.41) is 10.1. The molecule has 0 aliphatic rings. The first-order chi connectivity index (χ1) is 10.9. The van der Waals surface area contributed by atoms with E-state index in [4.69, 9.17) is 5.11 Å². The first kappa shape index (κ1) is 17.1. The molecule has 23 heavy (non-hydrogen) atoms. The number of fused-ring (bicyclic) bond motifs is 1. The molecule has 124 valence electrons. The summed E-state index contributed by atoms with van der Waals surface area (Å²) in [6.07, 6.45) is 0.905. The standard InChI is InChI=1S/C18H24N2O3/c1-4-9-20-15-8-6-5-7-14(15)10-16(20)18(23)19(11-13(2)3)12-17(21)22/h5-8,10,13H,4,9,11-12H2,1-3H3,(H,21,22). The van der Waals surface area contributed by atoms with Gasteiger partial charge in [0, 0.05) is 24.0 Å². The lowest BCUT2D eigenvalue weighted by atomic mass is 10.2. The lowest BCUT2D eigenvalue weighted by molar-refractivity contribution is -0.137. The van der Waals surface area contributed by atoms with Crippen LogP contribution in [0.2, 0.25) is 0 Å². The highest BCUT2D eigenvalue weighted by Crippen LogP contribution is 2.22. The molecule has 5 heteroatoms. The van der Waals surface area contributed by atoms with Gasteiger partial charge < -0.3 is 14.6 Å². The fourth-order valence-corrected chi connectivity index (χ4v) is 2.84. The smallest absolute Gasteiger partial charge is 0.323 e. The van der Waals surface area contributed by atoms with Crippen molar-refractivity contribution in [1.29, 1.82) is 0 Å². The topological polar surface area (TPSA) is 62.5 Å². The molecule has 1 heterocycles. The Morgan fingerprint density at radius 1 is 1.26 bits per heavy atom. The van der Waals surface area contributed by atoms with Crippen LogP contribution in [0, 0.1) is 5.92 Å². The van der Waals surface area contributed by atoms with Crippen molar-refractivity contribution in [3.63, 3.8) is 0 Å². The third kappa shape index (κ3) is 3.92. The van der Waals surface area contributed by atoms with Crippen molar-refractivity contribution >= 4 is 22.8 Å². The van der Waals surface area contributed by atoms with Crippen LogP contribution in [0.5, 0.6) is 0 Å². The maximum atomic E-state index is 12.9. The van der Waals surface area contributed by atoms with Crippen LogP contribution in [-0.2, 0) is 11.3 Å². The molecular formula is C18H24N2O3. The number of hydrogen-bond acceptors (Lipinski definition) is 2. The first-order valence-corrected chi connectivity index (χ1v) is 8.03. The number of aliphatic carboxylic acids is 1. The van der Waals surface area contributed by atoms with Gasteiger partial charge in [0.15, 0.2) is 0 Å². The molecule has 0 bridgehead atoms. The normalized spacial score (nSPS) is 11.1. The minimum absolute atomic E-state index is 0.210. The lowest BCUT2D eigenvalue weighted by Gasteiger charge is -2.23. The molecule has 0 unspecified atom stereocenters. The van der Waals surface area contributed by atoms with Crippen LogP contribution in [0.15, 0.2) is 30.3 Å². The van der Waals surface area contributed by atoms with Crippen molar-refractivity contribution < 1.29 is 14.7 Å². The second-order valence-corrected chi connectivity index (χ2v) is 6.21. The predicted octanol–water partition coefficient (Wildman–Crippen LogP) is 3.23. The first-order valence-electron chi connectivity index (χ1n) is 8.03. The Kier molecular flexibility index (Phi) is 5.42. The summed E-state index contributed by atoms with van der Waals surface area (Å²) in [6.45, 7) is 6.90. The molecule has 1 amide bonds. The Bertz CT molecular complexity index is 703. The van der Waals surface area contributed by atoms with Crippen molar-refractivity contribution in [3.05, 3.63) is 36.0 Å². The van der Waals surface area contributed by atoms with Crippen molar-refractivity contribution in [1.82, 2.24) is 9.47 Å². The van der Waals surface area contributed by atoms with Crippen LogP contribution in [0.25, 0.3) is 10.9 Å². The van der Waals surface area contributed by atoms with E-state index in [9.17, 15) is 9.59 Å². The average Bonchev–Trinajstić information content (AvgIpc) is 2.84. The summed E-state index contributed by atoms with van der Waals surface area (Å²) >= 11 is 0. The van der Waals surface area contributed by atoms with Gasteiger partial charge in [-0.1, -0.05) is 39.0 Å². The van der Waals surface area contributed by atoms with Crippen LogP contribution >= 0.6 is 0 Å². The molecule has 2 rings (SSSR count). The van der Waals surface area contributed by atoms with Crippen LogP contribution in [0.1, 0.15) is 37.7 Å². The maximum Gasteiger partial charge on any atom is 0.323 e. The Balaban J connectivity index is 2.44. The molecule has 0 aliphatic heterocycles. The van der Waals surface area contributed by atoms with E-state index in [0.717, 1.165) is 23.9 Å². The van der Waals surface area contributed by atoms with Gasteiger partial charge in [0.25, 0.3) is 5.91 Å². The summed E-state index contributed by atoms with van der Waals surface area (Å²) in [7, 11) is 0. The van der Waals surface area contributed by atoms with Gasteiger partial charge in [0.05, 0.1) is 0 Å². The molecule has 0 saturated heterocycles. The van der Waals surface area contributed by atoms with Crippen LogP contribution in [0.4, 0.5) is 0 Å². The maximum absolute atomic E-state index is 12.9. The van der Waals surface area contributed by atoms with Crippen molar-refractivity contribution in [2.24, 2.45) is 5.92 Å². The van der Waals surface area contributed by atoms with Gasteiger partial charge in [-0.2, -0.15) is 0 Å². The monoisotopic (exact) mass is 316 g/mol. The zero-order valence-electron chi connectivity index (χ0n) is 14.0. The number of carbonyl (C=O) groups is 2. The van der Waals surface area contributed by atoms with Gasteiger partial charge in [-0.15, -0.1) is 0 Å². The third-order valence-electron chi connectivity index (χ3n) is 3.68.